The molecule has 1 aromatic rings. The van der Waals surface area contributed by atoms with Gasteiger partial charge in [-0.3, -0.25) is 0 Å². The SMILES string of the molecule is CNN(NC)S(=O)(=O)S(=O)(=O)c1cccc(N)c1. The van der Waals surface area contributed by atoms with E-state index in [1.807, 2.05) is 0 Å². The predicted octanol–water partition coefficient (Wildman–Crippen LogP) is -1.14. The van der Waals surface area contributed by atoms with Crippen LogP contribution in [0.15, 0.2) is 29.2 Å². The van der Waals surface area contributed by atoms with Crippen LogP contribution in [0.1, 0.15) is 0 Å². The van der Waals surface area contributed by atoms with Crippen LogP contribution in [0.3, 0.4) is 0 Å². The van der Waals surface area contributed by atoms with Crippen molar-refractivity contribution in [3.05, 3.63) is 24.3 Å². The maximum Gasteiger partial charge on any atom is 0.350 e. The number of hydrogen-bond acceptors (Lipinski definition) is 7. The van der Waals surface area contributed by atoms with Crippen molar-refractivity contribution in [1.29, 1.82) is 0 Å². The van der Waals surface area contributed by atoms with E-state index >= 15 is 0 Å². The summed E-state index contributed by atoms with van der Waals surface area (Å²) in [7, 11) is -6.70. The minimum Gasteiger partial charge on any atom is -0.399 e. The number of benzene rings is 1. The highest BCUT2D eigenvalue weighted by molar-refractivity contribution is 8.66. The van der Waals surface area contributed by atoms with Crippen molar-refractivity contribution in [2.75, 3.05) is 19.8 Å². The molecule has 8 nitrogen and oxygen atoms in total. The first-order valence-electron chi connectivity index (χ1n) is 4.78. The summed E-state index contributed by atoms with van der Waals surface area (Å²) in [6, 6.07) is 5.06. The van der Waals surface area contributed by atoms with Crippen LogP contribution in [0.5, 0.6) is 0 Å². The number of nitrogens with zero attached hydrogens (tertiary/aromatic N) is 1. The Morgan fingerprint density at radius 1 is 1.11 bits per heavy atom. The lowest BCUT2D eigenvalue weighted by Crippen LogP contribution is -2.50. The zero-order chi connectivity index (χ0) is 14.0. The lowest BCUT2D eigenvalue weighted by molar-refractivity contribution is 0.285. The molecule has 102 valence electrons. The van der Waals surface area contributed by atoms with Gasteiger partial charge in [-0.1, -0.05) is 10.6 Å². The number of hydrogen-bond donors (Lipinski definition) is 3. The van der Waals surface area contributed by atoms with Gasteiger partial charge < -0.3 is 5.73 Å². The fraction of sp³-hybridized carbons (Fsp3) is 0.250. The molecule has 0 aliphatic heterocycles. The molecule has 0 saturated heterocycles. The van der Waals surface area contributed by atoms with Crippen molar-refractivity contribution >= 4 is 23.6 Å². The van der Waals surface area contributed by atoms with Crippen LogP contribution < -0.4 is 16.6 Å². The fourth-order valence-corrected chi connectivity index (χ4v) is 4.71. The number of anilines is 1. The minimum absolute atomic E-state index is 0.159. The standard InChI is InChI=1S/C8H14N4O4S2/c1-10-12(11-2)18(15,16)17(13,14)8-5-3-4-7(9)6-8/h3-6,10-11H,9H2,1-2H3. The number of hydrazine groups is 2. The molecule has 1 aromatic carbocycles. The van der Waals surface area contributed by atoms with Crippen LogP contribution in [-0.2, 0) is 17.9 Å². The van der Waals surface area contributed by atoms with Gasteiger partial charge in [-0.15, -0.1) is 0 Å². The highest BCUT2D eigenvalue weighted by Crippen LogP contribution is 2.20. The highest BCUT2D eigenvalue weighted by Gasteiger charge is 2.37. The lowest BCUT2D eigenvalue weighted by Gasteiger charge is -2.18. The summed E-state index contributed by atoms with van der Waals surface area (Å²) in [6.45, 7) is 0. The third-order valence-corrected chi connectivity index (χ3v) is 6.94. The van der Waals surface area contributed by atoms with Gasteiger partial charge in [0, 0.05) is 19.8 Å². The smallest absolute Gasteiger partial charge is 0.350 e. The summed E-state index contributed by atoms with van der Waals surface area (Å²) in [5.74, 6) is 0. The van der Waals surface area contributed by atoms with E-state index in [0.29, 0.717) is 4.52 Å². The average molecular weight is 294 g/mol. The van der Waals surface area contributed by atoms with Crippen LogP contribution in [0.4, 0.5) is 5.69 Å². The van der Waals surface area contributed by atoms with Gasteiger partial charge in [0.25, 0.3) is 8.87 Å². The van der Waals surface area contributed by atoms with Crippen LogP contribution in [0.2, 0.25) is 0 Å². The third kappa shape index (κ3) is 2.47. The molecule has 0 radical (unpaired) electrons. The van der Waals surface area contributed by atoms with Gasteiger partial charge in [0.05, 0.1) is 4.90 Å². The molecule has 4 N–H and O–H groups in total. The second-order valence-electron chi connectivity index (χ2n) is 3.20. The van der Waals surface area contributed by atoms with Gasteiger partial charge in [-0.05, 0) is 18.2 Å². The molecule has 10 heteroatoms. The number of nitrogen functional groups attached to an aromatic ring is 1. The molecular weight excluding hydrogens is 280 g/mol. The maximum absolute atomic E-state index is 12.0. The first kappa shape index (κ1) is 14.9. The van der Waals surface area contributed by atoms with E-state index in [9.17, 15) is 16.8 Å². The van der Waals surface area contributed by atoms with E-state index in [1.54, 1.807) is 0 Å². The Morgan fingerprint density at radius 3 is 2.11 bits per heavy atom. The molecule has 0 aromatic heterocycles. The largest absolute Gasteiger partial charge is 0.399 e. The monoisotopic (exact) mass is 294 g/mol. The van der Waals surface area contributed by atoms with Gasteiger partial charge in [0.1, 0.15) is 0 Å². The molecule has 18 heavy (non-hydrogen) atoms. The lowest BCUT2D eigenvalue weighted by atomic mass is 10.3. The van der Waals surface area contributed by atoms with E-state index in [0.717, 1.165) is 12.1 Å². The summed E-state index contributed by atoms with van der Waals surface area (Å²) in [5, 5.41) is 0. The second kappa shape index (κ2) is 5.20. The van der Waals surface area contributed by atoms with E-state index in [-0.39, 0.29) is 5.69 Å². The highest BCUT2D eigenvalue weighted by atomic mass is 33.2. The molecule has 0 fully saturated rings. The zero-order valence-electron chi connectivity index (χ0n) is 9.78. The van der Waals surface area contributed by atoms with E-state index < -0.39 is 22.8 Å². The Bertz CT molecular complexity index is 622. The quantitative estimate of drug-likeness (QED) is 0.356. The summed E-state index contributed by atoms with van der Waals surface area (Å²) in [6.07, 6.45) is 0. The Balaban J connectivity index is 3.39. The Labute approximate surface area is 105 Å². The van der Waals surface area contributed by atoms with E-state index in [1.165, 1.54) is 26.2 Å². The van der Waals surface area contributed by atoms with Crippen LogP contribution in [0.25, 0.3) is 0 Å². The molecule has 1 rings (SSSR count). The first-order chi connectivity index (χ1) is 8.27. The third-order valence-electron chi connectivity index (χ3n) is 2.05. The molecule has 0 heterocycles. The van der Waals surface area contributed by atoms with Crippen molar-refractivity contribution in [2.24, 2.45) is 0 Å². The van der Waals surface area contributed by atoms with E-state index in [2.05, 4.69) is 10.9 Å². The predicted molar refractivity (Wildman–Crippen MR) is 66.9 cm³/mol. The fourth-order valence-electron chi connectivity index (χ4n) is 1.23. The van der Waals surface area contributed by atoms with Crippen molar-refractivity contribution < 1.29 is 16.8 Å². The Kier molecular flexibility index (Phi) is 4.29. The van der Waals surface area contributed by atoms with Crippen molar-refractivity contribution in [1.82, 2.24) is 15.4 Å². The first-order valence-corrected chi connectivity index (χ1v) is 8.22. The molecule has 0 aliphatic rings. The number of rotatable bonds is 5. The molecule has 0 aliphatic carbocycles. The molecule has 0 bridgehead atoms. The summed E-state index contributed by atoms with van der Waals surface area (Å²) >= 11 is 0. The Morgan fingerprint density at radius 2 is 1.67 bits per heavy atom. The molecule has 0 atom stereocenters. The molecule has 0 unspecified atom stereocenters. The molecular formula is C8H14N4O4S2. The van der Waals surface area contributed by atoms with Gasteiger partial charge in [-0.25, -0.2) is 19.3 Å². The van der Waals surface area contributed by atoms with E-state index in [4.69, 9.17) is 5.73 Å². The van der Waals surface area contributed by atoms with Crippen LogP contribution in [0, 0.1) is 0 Å². The average Bonchev–Trinajstić information content (AvgIpc) is 2.30. The maximum atomic E-state index is 12.0. The van der Waals surface area contributed by atoms with Crippen molar-refractivity contribution in [3.8, 4) is 0 Å². The number of nitrogens with two attached hydrogens (primary N) is 1. The van der Waals surface area contributed by atoms with Gasteiger partial charge in [0.15, 0.2) is 0 Å². The van der Waals surface area contributed by atoms with Gasteiger partial charge in [0.2, 0.25) is 0 Å². The molecule has 0 saturated carbocycles. The second-order valence-corrected chi connectivity index (χ2v) is 8.38. The van der Waals surface area contributed by atoms with Gasteiger partial charge >= 0.3 is 9.06 Å². The van der Waals surface area contributed by atoms with Crippen molar-refractivity contribution in [2.45, 2.75) is 4.90 Å². The minimum atomic E-state index is -4.64. The van der Waals surface area contributed by atoms with Crippen molar-refractivity contribution in [3.63, 3.8) is 0 Å². The van der Waals surface area contributed by atoms with Crippen LogP contribution >= 0.6 is 0 Å². The summed E-state index contributed by atoms with van der Waals surface area (Å²) < 4.78 is 48.2. The topological polar surface area (TPSA) is 122 Å². The Hall–Kier alpha value is -1.20. The number of nitrogens with one attached hydrogen (secondary N) is 2. The summed E-state index contributed by atoms with van der Waals surface area (Å²) in [5.41, 5.74) is 10.0. The zero-order valence-corrected chi connectivity index (χ0v) is 11.4. The molecule has 0 amide bonds. The summed E-state index contributed by atoms with van der Waals surface area (Å²) in [4.78, 5) is -0.391. The van der Waals surface area contributed by atoms with Gasteiger partial charge in [-0.2, -0.15) is 8.42 Å². The normalized spacial score (nSPS) is 12.8. The molecule has 0 spiro atoms. The van der Waals surface area contributed by atoms with Crippen LogP contribution in [-0.4, -0.2) is 35.5 Å².